The Hall–Kier alpha value is -4.28. The van der Waals surface area contributed by atoms with Crippen molar-refractivity contribution in [1.29, 1.82) is 0 Å². The number of para-hydroxylation sites is 3. The molecule has 0 fully saturated rings. The third-order valence-electron chi connectivity index (χ3n) is 5.86. The van der Waals surface area contributed by atoms with Crippen molar-refractivity contribution in [2.75, 3.05) is 17.1 Å². The zero-order chi connectivity index (χ0) is 26.7. The lowest BCUT2D eigenvalue weighted by Crippen LogP contribution is -2.20. The molecule has 0 unspecified atom stereocenters. The van der Waals surface area contributed by atoms with Gasteiger partial charge in [-0.1, -0.05) is 48.2 Å². The molecule has 4 aromatic carbocycles. The van der Waals surface area contributed by atoms with Crippen molar-refractivity contribution in [2.45, 2.75) is 21.6 Å². The number of rotatable bonds is 7. The number of anilines is 3. The molecule has 0 atom stereocenters. The van der Waals surface area contributed by atoms with E-state index >= 15 is 0 Å². The van der Waals surface area contributed by atoms with Crippen LogP contribution in [0.15, 0.2) is 111 Å². The van der Waals surface area contributed by atoms with Gasteiger partial charge in [0, 0.05) is 15.4 Å². The number of hydrogen-bond acceptors (Lipinski definition) is 7. The van der Waals surface area contributed by atoms with Gasteiger partial charge in [-0.3, -0.25) is 9.52 Å². The maximum absolute atomic E-state index is 13.0. The van der Waals surface area contributed by atoms with Gasteiger partial charge in [0.15, 0.2) is 0 Å². The molecule has 4 aromatic rings. The summed E-state index contributed by atoms with van der Waals surface area (Å²) in [7, 11) is -2.50. The van der Waals surface area contributed by atoms with E-state index in [9.17, 15) is 13.2 Å². The number of nitrogens with one attached hydrogen (secondary N) is 3. The molecule has 192 valence electrons. The normalized spacial score (nSPS) is 12.5. The van der Waals surface area contributed by atoms with E-state index in [0.29, 0.717) is 17.1 Å². The second kappa shape index (κ2) is 10.6. The van der Waals surface area contributed by atoms with Crippen LogP contribution >= 0.6 is 11.8 Å². The number of hydrogen-bond donors (Lipinski definition) is 3. The summed E-state index contributed by atoms with van der Waals surface area (Å²) >= 11 is 1.69. The van der Waals surface area contributed by atoms with E-state index in [1.807, 2.05) is 36.4 Å². The Balaban J connectivity index is 1.30. The number of benzene rings is 4. The standard InChI is InChI=1S/C28H24N4O4S2/c1-18(19-14-15-27-24(17-19)29-23-11-4-6-13-26(23)37-27)30-31-28(33)20-8-7-9-21(16-20)38(34,35)32-22-10-3-5-12-25(22)36-2/h3-17,29,32H,1-2H3,(H,31,33)/b30-18+. The van der Waals surface area contributed by atoms with Crippen LogP contribution < -0.4 is 20.2 Å². The zero-order valence-corrected chi connectivity index (χ0v) is 22.2. The fourth-order valence-electron chi connectivity index (χ4n) is 3.87. The van der Waals surface area contributed by atoms with Crippen LogP contribution in [-0.2, 0) is 10.0 Å². The highest BCUT2D eigenvalue weighted by atomic mass is 32.2. The Morgan fingerprint density at radius 2 is 1.63 bits per heavy atom. The van der Waals surface area contributed by atoms with Gasteiger partial charge in [0.25, 0.3) is 15.9 Å². The lowest BCUT2D eigenvalue weighted by Gasteiger charge is -2.21. The fourth-order valence-corrected chi connectivity index (χ4v) is 5.95. The molecule has 10 heteroatoms. The number of nitrogens with zero attached hydrogens (tertiary/aromatic N) is 1. The summed E-state index contributed by atoms with van der Waals surface area (Å²) in [4.78, 5) is 15.0. The first-order chi connectivity index (χ1) is 18.3. The van der Waals surface area contributed by atoms with E-state index < -0.39 is 15.9 Å². The number of methoxy groups -OCH3 is 1. The number of carbonyl (C=O) groups is 1. The predicted octanol–water partition coefficient (Wildman–Crippen LogP) is 5.86. The van der Waals surface area contributed by atoms with E-state index in [2.05, 4.69) is 26.6 Å². The van der Waals surface area contributed by atoms with Gasteiger partial charge in [-0.15, -0.1) is 0 Å². The SMILES string of the molecule is COc1ccccc1NS(=O)(=O)c1cccc(C(=O)N/N=C(\C)c2ccc3c(c2)Nc2ccccc2S3)c1. The summed E-state index contributed by atoms with van der Waals surface area (Å²) in [5.74, 6) is -0.144. The van der Waals surface area contributed by atoms with E-state index in [4.69, 9.17) is 4.74 Å². The largest absolute Gasteiger partial charge is 0.495 e. The van der Waals surface area contributed by atoms with Crippen LogP contribution in [-0.4, -0.2) is 27.1 Å². The number of hydrazone groups is 1. The van der Waals surface area contributed by atoms with E-state index in [0.717, 1.165) is 26.7 Å². The Bertz CT molecular complexity index is 1670. The van der Waals surface area contributed by atoms with Crippen LogP contribution in [0, 0.1) is 0 Å². The average Bonchev–Trinajstić information content (AvgIpc) is 2.94. The molecule has 0 bridgehead atoms. The molecule has 38 heavy (non-hydrogen) atoms. The van der Waals surface area contributed by atoms with Gasteiger partial charge < -0.3 is 10.1 Å². The average molecular weight is 545 g/mol. The van der Waals surface area contributed by atoms with Crippen molar-refractivity contribution >= 4 is 50.5 Å². The van der Waals surface area contributed by atoms with Crippen molar-refractivity contribution in [3.05, 3.63) is 102 Å². The molecular formula is C28H24N4O4S2. The van der Waals surface area contributed by atoms with E-state index in [1.54, 1.807) is 43.0 Å². The molecular weight excluding hydrogens is 520 g/mol. The van der Waals surface area contributed by atoms with Crippen molar-refractivity contribution < 1.29 is 17.9 Å². The van der Waals surface area contributed by atoms with Crippen LogP contribution in [0.2, 0.25) is 0 Å². The highest BCUT2D eigenvalue weighted by Crippen LogP contribution is 2.44. The van der Waals surface area contributed by atoms with Gasteiger partial charge in [0.1, 0.15) is 5.75 Å². The van der Waals surface area contributed by atoms with Crippen LogP contribution in [0.4, 0.5) is 17.1 Å². The third-order valence-corrected chi connectivity index (χ3v) is 8.37. The zero-order valence-electron chi connectivity index (χ0n) is 20.6. The lowest BCUT2D eigenvalue weighted by molar-refractivity contribution is 0.0954. The van der Waals surface area contributed by atoms with Gasteiger partial charge in [0.05, 0.1) is 34.8 Å². The summed E-state index contributed by atoms with van der Waals surface area (Å²) in [6.07, 6.45) is 0. The van der Waals surface area contributed by atoms with Crippen LogP contribution in [0.25, 0.3) is 0 Å². The summed E-state index contributed by atoms with van der Waals surface area (Å²) < 4.78 is 33.6. The van der Waals surface area contributed by atoms with Crippen molar-refractivity contribution in [2.24, 2.45) is 5.10 Å². The van der Waals surface area contributed by atoms with Gasteiger partial charge in [0.2, 0.25) is 0 Å². The molecule has 1 heterocycles. The van der Waals surface area contributed by atoms with Gasteiger partial charge >= 0.3 is 0 Å². The summed E-state index contributed by atoms with van der Waals surface area (Å²) in [5, 5.41) is 7.68. The molecule has 1 aliphatic rings. The van der Waals surface area contributed by atoms with Crippen LogP contribution in [0.5, 0.6) is 5.75 Å². The monoisotopic (exact) mass is 544 g/mol. The molecule has 3 N–H and O–H groups in total. The topological polar surface area (TPSA) is 109 Å². The maximum Gasteiger partial charge on any atom is 0.271 e. The Labute approximate surface area is 225 Å². The molecule has 0 spiro atoms. The molecule has 0 saturated carbocycles. The Morgan fingerprint density at radius 3 is 2.47 bits per heavy atom. The molecule has 8 nitrogen and oxygen atoms in total. The molecule has 5 rings (SSSR count). The molecule has 0 aromatic heterocycles. The highest BCUT2D eigenvalue weighted by Gasteiger charge is 2.19. The Kier molecular flexibility index (Phi) is 7.08. The van der Waals surface area contributed by atoms with Crippen molar-refractivity contribution in [3.63, 3.8) is 0 Å². The van der Waals surface area contributed by atoms with Gasteiger partial charge in [-0.2, -0.15) is 5.10 Å². The van der Waals surface area contributed by atoms with Gasteiger partial charge in [-0.05, 0) is 67.1 Å². The minimum absolute atomic E-state index is 0.0599. The second-order valence-electron chi connectivity index (χ2n) is 8.41. The predicted molar refractivity (Wildman–Crippen MR) is 150 cm³/mol. The lowest BCUT2D eigenvalue weighted by atomic mass is 10.1. The molecule has 0 aliphatic carbocycles. The van der Waals surface area contributed by atoms with Crippen molar-refractivity contribution in [1.82, 2.24) is 5.43 Å². The smallest absolute Gasteiger partial charge is 0.271 e. The quantitative estimate of drug-likeness (QED) is 0.175. The summed E-state index contributed by atoms with van der Waals surface area (Å²) in [6.45, 7) is 1.80. The third kappa shape index (κ3) is 5.36. The first kappa shape index (κ1) is 25.4. The van der Waals surface area contributed by atoms with Crippen molar-refractivity contribution in [3.8, 4) is 5.75 Å². The molecule has 1 amide bonds. The number of ether oxygens (including phenoxy) is 1. The number of amides is 1. The number of carbonyl (C=O) groups excluding carboxylic acids is 1. The minimum Gasteiger partial charge on any atom is -0.495 e. The number of sulfonamides is 1. The maximum atomic E-state index is 13.0. The van der Waals surface area contributed by atoms with Crippen LogP contribution in [0.3, 0.4) is 0 Å². The molecule has 1 aliphatic heterocycles. The molecule has 0 saturated heterocycles. The fraction of sp³-hybridized carbons (Fsp3) is 0.0714. The van der Waals surface area contributed by atoms with Gasteiger partial charge in [-0.25, -0.2) is 13.8 Å². The second-order valence-corrected chi connectivity index (χ2v) is 11.2. The Morgan fingerprint density at radius 1 is 0.868 bits per heavy atom. The van der Waals surface area contributed by atoms with Crippen LogP contribution in [0.1, 0.15) is 22.8 Å². The summed E-state index contributed by atoms with van der Waals surface area (Å²) in [6, 6.07) is 26.5. The highest BCUT2D eigenvalue weighted by molar-refractivity contribution is 7.99. The van der Waals surface area contributed by atoms with E-state index in [1.165, 1.54) is 31.4 Å². The molecule has 0 radical (unpaired) electrons. The number of fused-ring (bicyclic) bond motifs is 2. The minimum atomic E-state index is -3.96. The first-order valence-electron chi connectivity index (χ1n) is 11.6. The van der Waals surface area contributed by atoms with E-state index in [-0.39, 0.29) is 10.5 Å². The summed E-state index contributed by atoms with van der Waals surface area (Å²) in [5.41, 5.74) is 6.44. The first-order valence-corrected chi connectivity index (χ1v) is 13.9.